The first-order valence-electron chi connectivity index (χ1n) is 14.0. The topological polar surface area (TPSA) is 40.1 Å². The van der Waals surface area contributed by atoms with Gasteiger partial charge in [0.1, 0.15) is 5.84 Å². The molecule has 0 aromatic heterocycles. The molecule has 2 saturated heterocycles. The zero-order valence-corrected chi connectivity index (χ0v) is 22.1. The van der Waals surface area contributed by atoms with E-state index in [4.69, 9.17) is 9.73 Å². The minimum absolute atomic E-state index is 0.470. The Morgan fingerprint density at radius 3 is 2.35 bits per heavy atom. The van der Waals surface area contributed by atoms with Gasteiger partial charge in [0, 0.05) is 43.3 Å². The van der Waals surface area contributed by atoms with Crippen LogP contribution in [0.25, 0.3) is 0 Å². The van der Waals surface area contributed by atoms with Gasteiger partial charge in [0.15, 0.2) is 11.5 Å². The molecule has 192 valence electrons. The molecule has 6 rings (SSSR count). The number of piperidine rings is 1. The van der Waals surface area contributed by atoms with Gasteiger partial charge < -0.3 is 15.0 Å². The molecule has 0 amide bonds. The fraction of sp³-hybridized carbons (Fsp3) is 0.406. The minimum Gasteiger partial charge on any atom is -0.453 e. The average Bonchev–Trinajstić information content (AvgIpc) is 3.17. The quantitative estimate of drug-likeness (QED) is 0.299. The highest BCUT2D eigenvalue weighted by Crippen LogP contribution is 2.51. The number of nitrogens with zero attached hydrogens (tertiary/aromatic N) is 3. The lowest BCUT2D eigenvalue weighted by Gasteiger charge is -2.46. The second-order valence-corrected chi connectivity index (χ2v) is 10.5. The van der Waals surface area contributed by atoms with Crippen LogP contribution in [-0.4, -0.2) is 48.5 Å². The highest BCUT2D eigenvalue weighted by atomic mass is 16.5. The Morgan fingerprint density at radius 1 is 0.865 bits per heavy atom. The summed E-state index contributed by atoms with van der Waals surface area (Å²) in [5, 5.41) is 3.42. The van der Waals surface area contributed by atoms with Gasteiger partial charge in [0.05, 0.1) is 11.4 Å². The Morgan fingerprint density at radius 2 is 1.59 bits per heavy atom. The highest BCUT2D eigenvalue weighted by molar-refractivity contribution is 6.00. The van der Waals surface area contributed by atoms with Crippen LogP contribution in [0.1, 0.15) is 50.7 Å². The lowest BCUT2D eigenvalue weighted by atomic mass is 9.93. The van der Waals surface area contributed by atoms with E-state index in [1.165, 1.54) is 42.6 Å². The first-order chi connectivity index (χ1) is 18.2. The van der Waals surface area contributed by atoms with Crippen LogP contribution in [0.5, 0.6) is 11.5 Å². The lowest BCUT2D eigenvalue weighted by Crippen LogP contribution is -2.50. The third kappa shape index (κ3) is 4.73. The van der Waals surface area contributed by atoms with Crippen molar-refractivity contribution in [2.45, 2.75) is 64.1 Å². The maximum absolute atomic E-state index is 6.49. The van der Waals surface area contributed by atoms with Crippen molar-refractivity contribution in [3.05, 3.63) is 83.9 Å². The molecule has 5 nitrogen and oxygen atoms in total. The molecule has 2 atom stereocenters. The third-order valence-corrected chi connectivity index (χ3v) is 8.22. The summed E-state index contributed by atoms with van der Waals surface area (Å²) in [7, 11) is 0. The van der Waals surface area contributed by atoms with Gasteiger partial charge in [-0.15, -0.1) is 0 Å². The van der Waals surface area contributed by atoms with Gasteiger partial charge in [0.2, 0.25) is 0 Å². The number of ether oxygens (including phenoxy) is 1. The first-order valence-corrected chi connectivity index (χ1v) is 14.0. The molecule has 2 bridgehead atoms. The maximum Gasteiger partial charge on any atom is 0.151 e. The number of nitrogens with one attached hydrogen (secondary N) is 1. The number of benzene rings is 3. The van der Waals surface area contributed by atoms with Crippen molar-refractivity contribution in [3.63, 3.8) is 0 Å². The molecule has 0 spiro atoms. The summed E-state index contributed by atoms with van der Waals surface area (Å²) < 4.78 is 6.49. The molecule has 2 fully saturated rings. The molecule has 0 aliphatic carbocycles. The number of fused-ring (bicyclic) bond motifs is 4. The second kappa shape index (κ2) is 10.6. The van der Waals surface area contributed by atoms with E-state index in [0.717, 1.165) is 49.0 Å². The van der Waals surface area contributed by atoms with E-state index in [-0.39, 0.29) is 0 Å². The van der Waals surface area contributed by atoms with Gasteiger partial charge in [-0.1, -0.05) is 42.5 Å². The predicted molar refractivity (Wildman–Crippen MR) is 153 cm³/mol. The van der Waals surface area contributed by atoms with E-state index in [9.17, 15) is 0 Å². The van der Waals surface area contributed by atoms with Crippen LogP contribution in [-0.2, 0) is 6.42 Å². The summed E-state index contributed by atoms with van der Waals surface area (Å²) in [6.45, 7) is 6.94. The van der Waals surface area contributed by atoms with Crippen molar-refractivity contribution < 1.29 is 4.74 Å². The smallest absolute Gasteiger partial charge is 0.151 e. The van der Waals surface area contributed by atoms with E-state index in [0.29, 0.717) is 18.1 Å². The minimum atomic E-state index is 0.470. The fourth-order valence-corrected chi connectivity index (χ4v) is 6.63. The van der Waals surface area contributed by atoms with Gasteiger partial charge in [-0.25, -0.2) is 0 Å². The molecule has 0 radical (unpaired) electrons. The molecule has 5 heteroatoms. The number of anilines is 2. The maximum atomic E-state index is 6.49. The Labute approximate surface area is 221 Å². The molecule has 2 unspecified atom stereocenters. The molecule has 3 aromatic carbocycles. The van der Waals surface area contributed by atoms with Gasteiger partial charge in [-0.2, -0.15) is 0 Å². The van der Waals surface area contributed by atoms with Crippen LogP contribution in [0.2, 0.25) is 0 Å². The molecule has 3 aliphatic rings. The van der Waals surface area contributed by atoms with E-state index in [1.807, 2.05) is 0 Å². The molecule has 0 saturated carbocycles. The number of amidine groups is 1. The Kier molecular flexibility index (Phi) is 6.88. The van der Waals surface area contributed by atoms with Crippen molar-refractivity contribution in [2.24, 2.45) is 4.99 Å². The van der Waals surface area contributed by atoms with Crippen molar-refractivity contribution in [1.82, 2.24) is 10.2 Å². The highest BCUT2D eigenvalue weighted by Gasteiger charge is 2.44. The van der Waals surface area contributed by atoms with Crippen LogP contribution in [0.15, 0.2) is 77.8 Å². The summed E-state index contributed by atoms with van der Waals surface area (Å²) in [5.41, 5.74) is 4.90. The molecule has 1 N–H and O–H groups in total. The van der Waals surface area contributed by atoms with Crippen LogP contribution >= 0.6 is 0 Å². The first kappa shape index (κ1) is 24.1. The number of hydrogen-bond acceptors (Lipinski definition) is 4. The second-order valence-electron chi connectivity index (χ2n) is 10.5. The number of hydrogen-bond donors (Lipinski definition) is 1. The van der Waals surface area contributed by atoms with Crippen LogP contribution in [0, 0.1) is 0 Å². The van der Waals surface area contributed by atoms with E-state index in [1.54, 1.807) is 0 Å². The fourth-order valence-electron chi connectivity index (χ4n) is 6.63. The SMILES string of the molecule is CCN=C(NCC)c1ccc2c(c1)Oc1ccccc1N2C1CC2CCC(C1)N2CCc1ccccc1. The number of aliphatic imine (C=N–C) groups is 1. The largest absolute Gasteiger partial charge is 0.453 e. The van der Waals surface area contributed by atoms with Crippen molar-refractivity contribution in [1.29, 1.82) is 0 Å². The molecule has 37 heavy (non-hydrogen) atoms. The Hall–Kier alpha value is -3.31. The van der Waals surface area contributed by atoms with Gasteiger partial charge in [-0.3, -0.25) is 9.89 Å². The summed E-state index contributed by atoms with van der Waals surface area (Å²) in [4.78, 5) is 10.1. The van der Waals surface area contributed by atoms with Crippen molar-refractivity contribution >= 4 is 17.2 Å². The zero-order chi connectivity index (χ0) is 25.2. The monoisotopic (exact) mass is 494 g/mol. The number of para-hydroxylation sites is 2. The normalized spacial score (nSPS) is 22.8. The van der Waals surface area contributed by atoms with Gasteiger partial charge >= 0.3 is 0 Å². The van der Waals surface area contributed by atoms with E-state index < -0.39 is 0 Å². The summed E-state index contributed by atoms with van der Waals surface area (Å²) >= 11 is 0. The molecule has 3 aliphatic heterocycles. The molecular formula is C32H38N4O. The Bertz CT molecular complexity index is 1240. The standard InChI is InChI=1S/C32H38N4O/c1-3-33-32(34-4-2)24-14-17-29-31(20-24)37-30-13-9-8-12-28(30)36(29)27-21-25-15-16-26(22-27)35(25)19-18-23-10-6-5-7-11-23/h5-14,17,20,25-27H,3-4,15-16,18-19,21-22H2,1-2H3,(H,33,34). The molecule has 3 heterocycles. The summed E-state index contributed by atoms with van der Waals surface area (Å²) in [6, 6.07) is 27.9. The van der Waals surface area contributed by atoms with E-state index in [2.05, 4.69) is 102 Å². The predicted octanol–water partition coefficient (Wildman–Crippen LogP) is 6.54. The van der Waals surface area contributed by atoms with Crippen LogP contribution in [0.4, 0.5) is 11.4 Å². The lowest BCUT2D eigenvalue weighted by molar-refractivity contribution is 0.129. The van der Waals surface area contributed by atoms with Crippen LogP contribution in [0.3, 0.4) is 0 Å². The van der Waals surface area contributed by atoms with E-state index >= 15 is 0 Å². The van der Waals surface area contributed by atoms with Crippen LogP contribution < -0.4 is 15.0 Å². The van der Waals surface area contributed by atoms with Crippen molar-refractivity contribution in [3.8, 4) is 11.5 Å². The molecule has 3 aromatic rings. The molecular weight excluding hydrogens is 456 g/mol. The third-order valence-electron chi connectivity index (χ3n) is 8.22. The van der Waals surface area contributed by atoms with Crippen molar-refractivity contribution in [2.75, 3.05) is 24.5 Å². The Balaban J connectivity index is 1.27. The summed E-state index contributed by atoms with van der Waals surface area (Å²) in [6.07, 6.45) is 6.15. The van der Waals surface area contributed by atoms with Gasteiger partial charge in [-0.05, 0) is 81.8 Å². The zero-order valence-electron chi connectivity index (χ0n) is 22.1. The van der Waals surface area contributed by atoms with Gasteiger partial charge in [0.25, 0.3) is 0 Å². The summed E-state index contributed by atoms with van der Waals surface area (Å²) in [5.74, 6) is 2.81. The number of rotatable bonds is 7. The average molecular weight is 495 g/mol.